The maximum absolute atomic E-state index is 14.4. The molecule has 4 aromatic heterocycles. The number of esters is 4. The minimum Gasteiger partial charge on any atom is -0.481 e. The monoisotopic (exact) mass is 2220 g/mol. The molecule has 16 rings (SSSR count). The minimum absolute atomic E-state index is 0.0202. The second-order valence-electron chi connectivity index (χ2n) is 34.1. The lowest BCUT2D eigenvalue weighted by Gasteiger charge is -2.31. The molecule has 8 aliphatic rings. The fourth-order valence-electron chi connectivity index (χ4n) is 17.6. The number of carbonyl (C=O) groups is 7. The second-order valence-corrected chi connectivity index (χ2v) is 38.4. The van der Waals surface area contributed by atoms with Crippen molar-refractivity contribution in [3.63, 3.8) is 0 Å². The highest BCUT2D eigenvalue weighted by Gasteiger charge is 2.52. The van der Waals surface area contributed by atoms with Crippen molar-refractivity contribution in [1.29, 1.82) is 0 Å². The van der Waals surface area contributed by atoms with E-state index in [0.717, 1.165) is 12.1 Å². The van der Waals surface area contributed by atoms with E-state index in [4.69, 9.17) is 68.1 Å². The summed E-state index contributed by atoms with van der Waals surface area (Å²) in [5, 5.41) is 44.7. The molecule has 4 fully saturated rings. The number of ether oxygens (including phenoxy) is 4. The summed E-state index contributed by atoms with van der Waals surface area (Å²) in [6, 6.07) is 7.73. The van der Waals surface area contributed by atoms with Crippen LogP contribution in [0, 0.1) is 23.3 Å². The topological polar surface area (TPSA) is 415 Å². The number of nitrogens with two attached hydrogens (primary N) is 1. The predicted molar refractivity (Wildman–Crippen MR) is 511 cm³/mol. The number of thiazole rings is 2. The van der Waals surface area contributed by atoms with Crippen molar-refractivity contribution in [2.45, 2.75) is 138 Å². The number of carbonyl (C=O) groups excluding carboxylic acids is 6. The number of aliphatic imine (C=N–C) groups is 4. The minimum atomic E-state index is -3.13. The van der Waals surface area contributed by atoms with Crippen molar-refractivity contribution >= 4 is 143 Å². The summed E-state index contributed by atoms with van der Waals surface area (Å²) in [7, 11) is 4.67. The van der Waals surface area contributed by atoms with E-state index in [1.807, 2.05) is 0 Å². The number of aliphatic hydroxyl groups excluding tert-OH is 2. The SMILES string of the molecule is CCOC(=O)C1=C(CN2CC(F)(F)CC2CC(=O)CO)NC(c2nccs2)=N[C@H]1c1ccc(F)cc1Br.CCOC(=O)C1=C(CN2CC(F)(F)C[C@H]2C(N)=O)NC(c2nccn2C)=NC1c1ccc(F)cc1Br.CCOC(=O)C1=C(CN2CC(F)(F)C[C@H]2CO)NC(c2nccn2C)=NC1c1ccc(F)cc1Cl.COC(=O)C1=C(CN2CC(F)(F)C[C@H]2CCC(=O)O)NC(c2nccs2)=N[C@H]1c1ccc(F)cc1Cl. The van der Waals surface area contributed by atoms with E-state index >= 15 is 0 Å². The van der Waals surface area contributed by atoms with Crippen molar-refractivity contribution in [3.8, 4) is 0 Å². The Morgan fingerprint density at radius 3 is 1.18 bits per heavy atom. The van der Waals surface area contributed by atoms with E-state index < -0.39 is 202 Å². The van der Waals surface area contributed by atoms with Gasteiger partial charge in [-0.25, -0.2) is 91.8 Å². The highest BCUT2D eigenvalue weighted by molar-refractivity contribution is 9.10. The maximum Gasteiger partial charge on any atom is 0.338 e. The number of hydrogen-bond donors (Lipinski definition) is 8. The number of likely N-dealkylation sites (tertiary alicyclic amines) is 4. The van der Waals surface area contributed by atoms with Crippen molar-refractivity contribution in [1.82, 2.24) is 69.9 Å². The van der Waals surface area contributed by atoms with Crippen LogP contribution in [-0.4, -0.2) is 269 Å². The van der Waals surface area contributed by atoms with Gasteiger partial charge in [0.1, 0.15) is 54.0 Å². The highest BCUT2D eigenvalue weighted by atomic mass is 79.9. The van der Waals surface area contributed by atoms with E-state index in [0.29, 0.717) is 58.7 Å². The normalized spacial score (nSPS) is 21.8. The summed E-state index contributed by atoms with van der Waals surface area (Å²) in [5.41, 5.74) is 8.17. The van der Waals surface area contributed by atoms with E-state index in [1.165, 1.54) is 110 Å². The lowest BCUT2D eigenvalue weighted by Crippen LogP contribution is -2.45. The van der Waals surface area contributed by atoms with Gasteiger partial charge in [0.25, 0.3) is 23.7 Å². The molecule has 4 aromatic carbocycles. The average molecular weight is 2230 g/mol. The first-order valence-corrected chi connectivity index (χ1v) is 48.6. The van der Waals surface area contributed by atoms with Gasteiger partial charge in [0.15, 0.2) is 50.8 Å². The van der Waals surface area contributed by atoms with Crippen molar-refractivity contribution < 1.29 is 121 Å². The van der Waals surface area contributed by atoms with Gasteiger partial charge in [-0.1, -0.05) is 79.3 Å². The Hall–Kier alpha value is -11.7. The van der Waals surface area contributed by atoms with Crippen LogP contribution in [0.4, 0.5) is 52.7 Å². The van der Waals surface area contributed by atoms with Gasteiger partial charge in [-0.2, -0.15) is 0 Å². The number of alkyl halides is 8. The van der Waals surface area contributed by atoms with Crippen molar-refractivity contribution in [2.75, 3.05) is 92.5 Å². The number of carboxylic acid groups (broad SMARTS) is 1. The molecule has 0 spiro atoms. The van der Waals surface area contributed by atoms with Crippen LogP contribution < -0.4 is 27.0 Å². The maximum atomic E-state index is 14.4. The molecule has 8 aromatic rings. The molecule has 144 heavy (non-hydrogen) atoms. The van der Waals surface area contributed by atoms with Gasteiger partial charge >= 0.3 is 29.8 Å². The Morgan fingerprint density at radius 1 is 0.479 bits per heavy atom. The van der Waals surface area contributed by atoms with Crippen LogP contribution >= 0.6 is 77.7 Å². The van der Waals surface area contributed by atoms with Gasteiger partial charge in [-0.3, -0.25) is 54.0 Å². The van der Waals surface area contributed by atoms with Gasteiger partial charge in [-0.05, 0) is 86.8 Å². The number of aromatic nitrogens is 6. The van der Waals surface area contributed by atoms with Crippen LogP contribution in [0.5, 0.6) is 0 Å². The summed E-state index contributed by atoms with van der Waals surface area (Å²) in [6.07, 6.45) is 6.86. The largest absolute Gasteiger partial charge is 0.481 e. The summed E-state index contributed by atoms with van der Waals surface area (Å²) >= 11 is 21.9. The van der Waals surface area contributed by atoms with Gasteiger partial charge < -0.3 is 70.4 Å². The number of amides is 1. The van der Waals surface area contributed by atoms with Gasteiger partial charge in [-0.15, -0.1) is 22.7 Å². The molecule has 0 radical (unpaired) electrons. The number of aliphatic hydroxyl groups is 2. The summed E-state index contributed by atoms with van der Waals surface area (Å²) in [5.74, 6) is -17.8. The Kier molecular flexibility index (Phi) is 36.0. The number of nitrogens with one attached hydrogen (secondary N) is 4. The zero-order chi connectivity index (χ0) is 104. The molecule has 51 heteroatoms. The number of imidazole rings is 2. The standard InChI is InChI=1S/C24H24BrF3N4O4S.C23H24BrF3N6O3.C23H25ClF3N5O3.C23H22ClF3N4O4S/c1-2-36-23(35)19-18(10-32-12-24(27,28)9-14(32)8-15(34)11-33)30-21(22-29-5-6-37-22)31-20(19)16-4-3-13(26)7-17(16)25;1-3-36-22(35)17-15(10-33-11-23(26,27)9-16(33)19(28)34)30-20(21-29-6-7-32(21)2)31-18(17)13-5-4-12(25)8-14(13)24;1-3-35-22(34)18-17(10-32-12-23(26,27)9-14(32)11-33)29-20(21-28-6-7-31(21)2)30-19(18)15-5-4-13(25)8-16(15)24;1-35-22(34)18-16(10-31-11-23(26,27)9-13(31)3-5-17(32)33)29-20(21-28-6-7-36-21)30-19(18)14-4-2-12(25)8-15(14)24/h3-7,14,20,33H,2,8-12H2,1H3,(H,30,31);4-8,16,18H,3,9-11H2,1-2H3,(H2,28,34)(H,30,31);4-8,14,19,33H,3,9-12H2,1-2H3,(H,29,30);2,4,6-8,13,19H,3,5,9-11H2,1H3,(H,29,30)(H,32,33)/t14?,20-;16-,18?;14-,19?;13-,19+/m0001/s1. The average Bonchev–Trinajstić information content (AvgIpc) is 1.51. The second kappa shape index (κ2) is 47.2. The number of Topliss-reactive ketones (excluding diaryl/α,β-unsaturated/α-hetero) is 1. The van der Waals surface area contributed by atoms with Crippen LogP contribution in [0.25, 0.3) is 0 Å². The lowest BCUT2D eigenvalue weighted by atomic mass is 9.95. The molecule has 770 valence electrons. The fourth-order valence-corrected chi connectivity index (χ4v) is 20.4. The van der Waals surface area contributed by atoms with Crippen LogP contribution in [0.1, 0.15) is 134 Å². The molecule has 4 saturated heterocycles. The molecule has 33 nitrogen and oxygen atoms in total. The molecule has 8 aliphatic heterocycles. The van der Waals surface area contributed by atoms with E-state index in [9.17, 15) is 91.4 Å². The number of ketones is 1. The van der Waals surface area contributed by atoms with Gasteiger partial charge in [0.2, 0.25) is 5.91 Å². The zero-order valence-corrected chi connectivity index (χ0v) is 83.7. The van der Waals surface area contributed by atoms with Crippen molar-refractivity contribution in [2.24, 2.45) is 39.8 Å². The summed E-state index contributed by atoms with van der Waals surface area (Å²) < 4.78 is 195. The summed E-state index contributed by atoms with van der Waals surface area (Å²) in [4.78, 5) is 129. The molecule has 0 bridgehead atoms. The molecule has 0 saturated carbocycles. The highest BCUT2D eigenvalue weighted by Crippen LogP contribution is 2.46. The van der Waals surface area contributed by atoms with E-state index in [-0.39, 0.29) is 138 Å². The molecule has 8 atom stereocenters. The predicted octanol–water partition coefficient (Wildman–Crippen LogP) is 12.9. The number of amidine groups is 4. The number of aryl methyl sites for hydroxylation is 2. The van der Waals surface area contributed by atoms with Crippen LogP contribution in [0.15, 0.2) is 195 Å². The number of carboxylic acids is 1. The number of aliphatic carboxylic acids is 1. The first kappa shape index (κ1) is 110. The van der Waals surface area contributed by atoms with Crippen LogP contribution in [0.3, 0.4) is 0 Å². The number of benzene rings is 4. The summed E-state index contributed by atoms with van der Waals surface area (Å²) in [6.45, 7) is 0.685. The Labute approximate surface area is 849 Å². The third kappa shape index (κ3) is 26.6. The Bertz CT molecular complexity index is 6410. The molecule has 1 amide bonds. The van der Waals surface area contributed by atoms with Crippen molar-refractivity contribution in [3.05, 3.63) is 252 Å². The third-order valence-corrected chi connectivity index (χ3v) is 27.5. The van der Waals surface area contributed by atoms with E-state index in [1.54, 1.807) is 91.9 Å². The molecule has 9 N–H and O–H groups in total. The number of nitrogens with zero attached hydrogens (tertiary/aromatic N) is 14. The first-order chi connectivity index (χ1) is 68.3. The molecule has 3 unspecified atom stereocenters. The number of methoxy groups -OCH3 is 1. The quantitative estimate of drug-likeness (QED) is 0.0114. The third-order valence-electron chi connectivity index (χ3n) is 23.9. The molecular weight excluding hydrogens is 2130 g/mol. The molecular formula is C93H95Br2Cl2F12N19O14S2. The zero-order valence-electron chi connectivity index (χ0n) is 77.3. The number of hydrogen-bond acceptors (Lipinski definition) is 31. The van der Waals surface area contributed by atoms with Crippen LogP contribution in [0.2, 0.25) is 10.0 Å². The Balaban J connectivity index is 0.000000161. The fraction of sp³-hybridized carbons (Fsp3) is 0.409. The van der Waals surface area contributed by atoms with Gasteiger partial charge in [0.05, 0.1) is 88.1 Å². The van der Waals surface area contributed by atoms with Crippen LogP contribution in [-0.2, 0) is 66.6 Å². The lowest BCUT2D eigenvalue weighted by molar-refractivity contribution is -0.139. The smallest absolute Gasteiger partial charge is 0.338 e. The number of primary amides is 1. The van der Waals surface area contributed by atoms with E-state index in [2.05, 4.69) is 83.0 Å². The Morgan fingerprint density at radius 2 is 0.826 bits per heavy atom. The first-order valence-electron chi connectivity index (χ1n) is 44.5. The number of rotatable bonds is 31. The van der Waals surface area contributed by atoms with Gasteiger partial charge in [0, 0.05) is 198 Å². The number of halogens is 16. The molecule has 0 aliphatic carbocycles. The molecule has 12 heterocycles.